The zero-order valence-electron chi connectivity index (χ0n) is 15.3. The lowest BCUT2D eigenvalue weighted by molar-refractivity contribution is 0.0937. The first kappa shape index (κ1) is 19.0. The molecule has 1 unspecified atom stereocenters. The highest BCUT2D eigenvalue weighted by molar-refractivity contribution is 5.95. The van der Waals surface area contributed by atoms with Crippen LogP contribution in [0.25, 0.3) is 22.2 Å². The van der Waals surface area contributed by atoms with E-state index in [-0.39, 0.29) is 17.8 Å². The van der Waals surface area contributed by atoms with E-state index in [2.05, 4.69) is 10.3 Å². The first-order valence-corrected chi connectivity index (χ1v) is 8.96. The van der Waals surface area contributed by atoms with E-state index in [1.54, 1.807) is 23.7 Å². The molecule has 7 heteroatoms. The van der Waals surface area contributed by atoms with Crippen LogP contribution in [0, 0.1) is 5.82 Å². The lowest BCUT2D eigenvalue weighted by Gasteiger charge is -2.11. The van der Waals surface area contributed by atoms with E-state index >= 15 is 0 Å². The van der Waals surface area contributed by atoms with Gasteiger partial charge in [0.05, 0.1) is 11.0 Å². The van der Waals surface area contributed by atoms with Gasteiger partial charge in [-0.3, -0.25) is 4.79 Å². The highest BCUT2D eigenvalue weighted by Gasteiger charge is 2.16. The summed E-state index contributed by atoms with van der Waals surface area (Å²) in [5.41, 5.74) is 14.8. The minimum absolute atomic E-state index is 0.128. The summed E-state index contributed by atoms with van der Waals surface area (Å²) >= 11 is 0. The SMILES string of the molecule is Cn1c(C(=O)NCC(N)CCCN)nc2cc(-c3ccc(F)cc3)ccc21. The molecule has 3 rings (SSSR count). The molecule has 27 heavy (non-hydrogen) atoms. The van der Waals surface area contributed by atoms with E-state index in [1.807, 2.05) is 18.2 Å². The summed E-state index contributed by atoms with van der Waals surface area (Å²) in [6, 6.07) is 11.9. The van der Waals surface area contributed by atoms with Gasteiger partial charge in [-0.25, -0.2) is 9.37 Å². The molecule has 0 aliphatic heterocycles. The number of carbonyl (C=O) groups excluding carboxylic acids is 1. The topological polar surface area (TPSA) is 99.0 Å². The third-order valence-corrected chi connectivity index (χ3v) is 4.57. The Morgan fingerprint density at radius 3 is 2.63 bits per heavy atom. The maximum Gasteiger partial charge on any atom is 0.287 e. The molecule has 0 spiro atoms. The van der Waals surface area contributed by atoms with Gasteiger partial charge >= 0.3 is 0 Å². The van der Waals surface area contributed by atoms with Crippen molar-refractivity contribution in [3.8, 4) is 11.1 Å². The van der Waals surface area contributed by atoms with Crippen LogP contribution in [-0.2, 0) is 7.05 Å². The smallest absolute Gasteiger partial charge is 0.287 e. The van der Waals surface area contributed by atoms with Gasteiger partial charge in [0, 0.05) is 19.6 Å². The Labute approximate surface area is 157 Å². The molecule has 0 aliphatic rings. The third kappa shape index (κ3) is 4.32. The Balaban J connectivity index is 1.79. The second-order valence-corrected chi connectivity index (χ2v) is 6.61. The standard InChI is InChI=1S/C20H24FN5O/c1-26-18-9-6-14(13-4-7-15(21)8-5-13)11-17(18)25-19(26)20(27)24-12-16(23)3-2-10-22/h4-9,11,16H,2-3,10,12,22-23H2,1H3,(H,24,27). The second-order valence-electron chi connectivity index (χ2n) is 6.61. The van der Waals surface area contributed by atoms with Gasteiger partial charge < -0.3 is 21.4 Å². The van der Waals surface area contributed by atoms with Crippen LogP contribution in [0.2, 0.25) is 0 Å². The summed E-state index contributed by atoms with van der Waals surface area (Å²) in [6.45, 7) is 0.964. The minimum atomic E-state index is -0.277. The maximum absolute atomic E-state index is 13.1. The highest BCUT2D eigenvalue weighted by Crippen LogP contribution is 2.24. The molecule has 1 heterocycles. The monoisotopic (exact) mass is 369 g/mol. The number of nitrogens with two attached hydrogens (primary N) is 2. The average Bonchev–Trinajstić information content (AvgIpc) is 3.01. The first-order chi connectivity index (χ1) is 13.0. The molecule has 0 saturated heterocycles. The van der Waals surface area contributed by atoms with E-state index in [0.717, 1.165) is 29.5 Å². The number of nitrogens with zero attached hydrogens (tertiary/aromatic N) is 2. The number of nitrogens with one attached hydrogen (secondary N) is 1. The summed E-state index contributed by atoms with van der Waals surface area (Å²) < 4.78 is 14.9. The molecular weight excluding hydrogens is 345 g/mol. The summed E-state index contributed by atoms with van der Waals surface area (Å²) in [7, 11) is 1.80. The van der Waals surface area contributed by atoms with Gasteiger partial charge in [0.15, 0.2) is 5.82 Å². The highest BCUT2D eigenvalue weighted by atomic mass is 19.1. The molecule has 6 nitrogen and oxygen atoms in total. The molecule has 2 aromatic carbocycles. The van der Waals surface area contributed by atoms with Gasteiger partial charge in [-0.05, 0) is 54.8 Å². The van der Waals surface area contributed by atoms with Crippen molar-refractivity contribution in [2.24, 2.45) is 18.5 Å². The van der Waals surface area contributed by atoms with Gasteiger partial charge in [0.1, 0.15) is 5.82 Å². The van der Waals surface area contributed by atoms with Gasteiger partial charge in [0.25, 0.3) is 5.91 Å². The fourth-order valence-electron chi connectivity index (χ4n) is 3.01. The number of fused-ring (bicyclic) bond motifs is 1. The molecule has 1 amide bonds. The Morgan fingerprint density at radius 2 is 1.93 bits per heavy atom. The van der Waals surface area contributed by atoms with E-state index in [4.69, 9.17) is 11.5 Å². The van der Waals surface area contributed by atoms with Crippen molar-refractivity contribution in [2.45, 2.75) is 18.9 Å². The van der Waals surface area contributed by atoms with E-state index in [0.29, 0.717) is 24.4 Å². The molecule has 142 valence electrons. The molecule has 0 aliphatic carbocycles. The number of carbonyl (C=O) groups is 1. The predicted molar refractivity (Wildman–Crippen MR) is 105 cm³/mol. The number of benzene rings is 2. The average molecular weight is 369 g/mol. The van der Waals surface area contributed by atoms with Crippen molar-refractivity contribution >= 4 is 16.9 Å². The van der Waals surface area contributed by atoms with Crippen LogP contribution >= 0.6 is 0 Å². The molecule has 3 aromatic rings. The number of amides is 1. The summed E-state index contributed by atoms with van der Waals surface area (Å²) in [6.07, 6.45) is 1.59. The van der Waals surface area contributed by atoms with Crippen molar-refractivity contribution in [3.63, 3.8) is 0 Å². The quantitative estimate of drug-likeness (QED) is 0.594. The van der Waals surface area contributed by atoms with E-state index < -0.39 is 0 Å². The van der Waals surface area contributed by atoms with E-state index in [9.17, 15) is 9.18 Å². The van der Waals surface area contributed by atoms with Gasteiger partial charge in [0.2, 0.25) is 0 Å². The normalized spacial score (nSPS) is 12.3. The number of rotatable bonds is 7. The van der Waals surface area contributed by atoms with Gasteiger partial charge in [-0.2, -0.15) is 0 Å². The molecule has 1 aromatic heterocycles. The number of aryl methyl sites for hydroxylation is 1. The largest absolute Gasteiger partial charge is 0.348 e. The fourth-order valence-corrected chi connectivity index (χ4v) is 3.01. The van der Waals surface area contributed by atoms with Gasteiger partial charge in [-0.15, -0.1) is 0 Å². The first-order valence-electron chi connectivity index (χ1n) is 8.96. The van der Waals surface area contributed by atoms with Crippen LogP contribution < -0.4 is 16.8 Å². The zero-order chi connectivity index (χ0) is 19.4. The Hall–Kier alpha value is -2.77. The molecule has 0 bridgehead atoms. The van der Waals surface area contributed by atoms with Crippen molar-refractivity contribution < 1.29 is 9.18 Å². The second kappa shape index (κ2) is 8.28. The molecular formula is C20H24FN5O. The van der Waals surface area contributed by atoms with Crippen LogP contribution in [0.5, 0.6) is 0 Å². The number of halogens is 1. The lowest BCUT2D eigenvalue weighted by Crippen LogP contribution is -2.38. The van der Waals surface area contributed by atoms with Crippen LogP contribution in [0.4, 0.5) is 4.39 Å². The number of aromatic nitrogens is 2. The molecule has 0 saturated carbocycles. The third-order valence-electron chi connectivity index (χ3n) is 4.57. The Bertz CT molecular complexity index is 935. The number of hydrogen-bond acceptors (Lipinski definition) is 4. The minimum Gasteiger partial charge on any atom is -0.348 e. The Morgan fingerprint density at radius 1 is 1.22 bits per heavy atom. The number of imidazole rings is 1. The van der Waals surface area contributed by atoms with Crippen molar-refractivity contribution in [1.82, 2.24) is 14.9 Å². The van der Waals surface area contributed by atoms with Crippen molar-refractivity contribution in [3.05, 3.63) is 54.1 Å². The van der Waals surface area contributed by atoms with Crippen LogP contribution in [0.1, 0.15) is 23.5 Å². The summed E-state index contributed by atoms with van der Waals surface area (Å²) in [5, 5.41) is 2.83. The van der Waals surface area contributed by atoms with Crippen molar-refractivity contribution in [1.29, 1.82) is 0 Å². The predicted octanol–water partition coefficient (Wildman–Crippen LogP) is 2.18. The Kier molecular flexibility index (Phi) is 5.83. The van der Waals surface area contributed by atoms with Gasteiger partial charge in [-0.1, -0.05) is 18.2 Å². The fraction of sp³-hybridized carbons (Fsp3) is 0.300. The van der Waals surface area contributed by atoms with Crippen LogP contribution in [0.3, 0.4) is 0 Å². The summed E-state index contributed by atoms with van der Waals surface area (Å²) in [5.74, 6) is -0.214. The summed E-state index contributed by atoms with van der Waals surface area (Å²) in [4.78, 5) is 17.0. The molecule has 0 fully saturated rings. The lowest BCUT2D eigenvalue weighted by atomic mass is 10.1. The van der Waals surface area contributed by atoms with E-state index in [1.165, 1.54) is 12.1 Å². The van der Waals surface area contributed by atoms with Crippen molar-refractivity contribution in [2.75, 3.05) is 13.1 Å². The zero-order valence-corrected chi connectivity index (χ0v) is 15.3. The molecule has 1 atom stereocenters. The number of hydrogen-bond donors (Lipinski definition) is 3. The van der Waals surface area contributed by atoms with Crippen LogP contribution in [0.15, 0.2) is 42.5 Å². The maximum atomic E-state index is 13.1. The molecule has 0 radical (unpaired) electrons. The molecule has 5 N–H and O–H groups in total. The van der Waals surface area contributed by atoms with Crippen LogP contribution in [-0.4, -0.2) is 34.6 Å².